The molecule has 1 N–H and O–H groups in total. The second-order valence-corrected chi connectivity index (χ2v) is 7.47. The van der Waals surface area contributed by atoms with Gasteiger partial charge >= 0.3 is 0 Å². The summed E-state index contributed by atoms with van der Waals surface area (Å²) in [5, 5.41) is 10.3. The van der Waals surface area contributed by atoms with E-state index in [-0.39, 0.29) is 24.8 Å². The van der Waals surface area contributed by atoms with Crippen LogP contribution in [-0.4, -0.2) is 73.2 Å². The molecule has 2 aromatic carbocycles. The van der Waals surface area contributed by atoms with Crippen LogP contribution >= 0.6 is 12.4 Å². The van der Waals surface area contributed by atoms with Crippen molar-refractivity contribution in [1.82, 2.24) is 9.80 Å². The van der Waals surface area contributed by atoms with Crippen molar-refractivity contribution in [3.05, 3.63) is 65.7 Å². The van der Waals surface area contributed by atoms with E-state index in [0.717, 1.165) is 31.7 Å². The van der Waals surface area contributed by atoms with E-state index in [1.165, 1.54) is 0 Å². The Labute approximate surface area is 179 Å². The number of Topliss-reactive ketones (excluding diaryl/α,β-unsaturated/α-hetero) is 1. The minimum atomic E-state index is -0.573. The number of benzene rings is 2. The van der Waals surface area contributed by atoms with E-state index < -0.39 is 6.10 Å². The maximum absolute atomic E-state index is 12.7. The van der Waals surface area contributed by atoms with Crippen LogP contribution in [0.5, 0.6) is 5.75 Å². The monoisotopic (exact) mass is 418 g/mol. The fraction of sp³-hybridized carbons (Fsp3) is 0.435. The molecule has 0 aromatic heterocycles. The Hall–Kier alpha value is -1.92. The Morgan fingerprint density at radius 3 is 2.41 bits per heavy atom. The molecule has 1 heterocycles. The van der Waals surface area contributed by atoms with Crippen molar-refractivity contribution in [2.75, 3.05) is 46.4 Å². The lowest BCUT2D eigenvalue weighted by Gasteiger charge is -2.33. The highest BCUT2D eigenvalue weighted by molar-refractivity contribution is 5.98. The van der Waals surface area contributed by atoms with E-state index in [9.17, 15) is 9.90 Å². The predicted octanol–water partition coefficient (Wildman–Crippen LogP) is 2.91. The van der Waals surface area contributed by atoms with Gasteiger partial charge in [-0.05, 0) is 31.2 Å². The van der Waals surface area contributed by atoms with Gasteiger partial charge < -0.3 is 14.7 Å². The lowest BCUT2D eigenvalue weighted by Crippen LogP contribution is -2.47. The molecule has 0 spiro atoms. The number of β-amino-alcohol motifs (C(OH)–C–C–N with tert-alkyl or cyclic N) is 1. The average molecular weight is 419 g/mol. The second kappa shape index (κ2) is 11.9. The third kappa shape index (κ3) is 7.44. The van der Waals surface area contributed by atoms with Gasteiger partial charge in [0.2, 0.25) is 0 Å². The lowest BCUT2D eigenvalue weighted by atomic mass is 10.0. The zero-order valence-electron chi connectivity index (χ0n) is 17.0. The maximum Gasteiger partial charge on any atom is 0.166 e. The molecule has 2 aromatic rings. The highest BCUT2D eigenvalue weighted by atomic mass is 35.5. The molecular formula is C23H31ClN2O3. The predicted molar refractivity (Wildman–Crippen MR) is 118 cm³/mol. The van der Waals surface area contributed by atoms with E-state index in [2.05, 4.69) is 16.8 Å². The van der Waals surface area contributed by atoms with Gasteiger partial charge in [0.15, 0.2) is 5.78 Å². The van der Waals surface area contributed by atoms with Gasteiger partial charge in [-0.1, -0.05) is 42.5 Å². The number of hydrogen-bond donors (Lipinski definition) is 1. The molecule has 0 bridgehead atoms. The zero-order valence-corrected chi connectivity index (χ0v) is 17.8. The van der Waals surface area contributed by atoms with Gasteiger partial charge in [-0.25, -0.2) is 0 Å². The molecule has 0 amide bonds. The smallest absolute Gasteiger partial charge is 0.166 e. The van der Waals surface area contributed by atoms with Gasteiger partial charge in [0.25, 0.3) is 0 Å². The molecule has 3 rings (SSSR count). The van der Waals surface area contributed by atoms with Crippen LogP contribution in [0.4, 0.5) is 0 Å². The molecule has 1 saturated heterocycles. The third-order valence-electron chi connectivity index (χ3n) is 5.17. The lowest BCUT2D eigenvalue weighted by molar-refractivity contribution is 0.0501. The number of aliphatic hydroxyl groups is 1. The maximum atomic E-state index is 12.7. The van der Waals surface area contributed by atoms with Gasteiger partial charge in [-0.3, -0.25) is 9.69 Å². The fourth-order valence-electron chi connectivity index (χ4n) is 3.43. The van der Waals surface area contributed by atoms with Gasteiger partial charge in [-0.15, -0.1) is 12.4 Å². The summed E-state index contributed by atoms with van der Waals surface area (Å²) in [4.78, 5) is 17.2. The largest absolute Gasteiger partial charge is 0.490 e. The first-order chi connectivity index (χ1) is 13.6. The topological polar surface area (TPSA) is 53.0 Å². The van der Waals surface area contributed by atoms with Crippen LogP contribution in [0.15, 0.2) is 54.6 Å². The summed E-state index contributed by atoms with van der Waals surface area (Å²) in [6.07, 6.45) is 0.574. The van der Waals surface area contributed by atoms with Crippen molar-refractivity contribution in [1.29, 1.82) is 0 Å². The highest BCUT2D eigenvalue weighted by Gasteiger charge is 2.18. The summed E-state index contributed by atoms with van der Waals surface area (Å²) in [7, 11) is 2.11. The number of hydrogen-bond acceptors (Lipinski definition) is 5. The first-order valence-corrected chi connectivity index (χ1v) is 10.00. The zero-order chi connectivity index (χ0) is 19.8. The number of rotatable bonds is 9. The molecule has 0 saturated carbocycles. The third-order valence-corrected chi connectivity index (χ3v) is 5.17. The minimum absolute atomic E-state index is 0. The average Bonchev–Trinajstić information content (AvgIpc) is 2.73. The van der Waals surface area contributed by atoms with Crippen molar-refractivity contribution in [2.24, 2.45) is 0 Å². The van der Waals surface area contributed by atoms with Crippen LogP contribution in [0.3, 0.4) is 0 Å². The Balaban J connectivity index is 0.00000300. The summed E-state index contributed by atoms with van der Waals surface area (Å²) in [6.45, 7) is 4.75. The Kier molecular flexibility index (Phi) is 9.61. The Bertz CT molecular complexity index is 749. The standard InChI is InChI=1S/C23H30N2O3.ClH/c1-24-13-15-25(16-14-24)17-20(26)18-28-23-10-6-5-9-21(23)22(27)12-11-19-7-3-2-4-8-19;/h2-10,20,26H,11-18H2,1H3;1H. The van der Waals surface area contributed by atoms with E-state index in [4.69, 9.17) is 4.74 Å². The van der Waals surface area contributed by atoms with Crippen LogP contribution in [0.1, 0.15) is 22.3 Å². The van der Waals surface area contributed by atoms with E-state index in [1.807, 2.05) is 42.5 Å². The molecule has 158 valence electrons. The Morgan fingerprint density at radius 1 is 1.03 bits per heavy atom. The van der Waals surface area contributed by atoms with Crippen molar-refractivity contribution in [3.63, 3.8) is 0 Å². The fourth-order valence-corrected chi connectivity index (χ4v) is 3.43. The summed E-state index contributed by atoms with van der Waals surface area (Å²) >= 11 is 0. The quantitative estimate of drug-likeness (QED) is 0.634. The van der Waals surface area contributed by atoms with Crippen molar-refractivity contribution >= 4 is 18.2 Å². The number of para-hydroxylation sites is 1. The molecule has 1 unspecified atom stereocenters. The van der Waals surface area contributed by atoms with Crippen LogP contribution in [0.25, 0.3) is 0 Å². The summed E-state index contributed by atoms with van der Waals surface area (Å²) in [5.74, 6) is 0.617. The summed E-state index contributed by atoms with van der Waals surface area (Å²) in [6, 6.07) is 17.3. The highest BCUT2D eigenvalue weighted by Crippen LogP contribution is 2.21. The van der Waals surface area contributed by atoms with Gasteiger partial charge in [-0.2, -0.15) is 0 Å². The summed E-state index contributed by atoms with van der Waals surface area (Å²) < 4.78 is 5.83. The van der Waals surface area contributed by atoms with Gasteiger partial charge in [0, 0.05) is 39.1 Å². The minimum Gasteiger partial charge on any atom is -0.490 e. The number of halogens is 1. The Morgan fingerprint density at radius 2 is 1.69 bits per heavy atom. The first kappa shape index (κ1) is 23.4. The molecule has 0 aliphatic carbocycles. The van der Waals surface area contributed by atoms with Crippen LogP contribution in [0.2, 0.25) is 0 Å². The molecular weight excluding hydrogens is 388 g/mol. The molecule has 0 radical (unpaired) electrons. The van der Waals surface area contributed by atoms with Crippen LogP contribution in [-0.2, 0) is 6.42 Å². The van der Waals surface area contributed by atoms with E-state index in [0.29, 0.717) is 30.7 Å². The number of nitrogens with zero attached hydrogens (tertiary/aromatic N) is 2. The molecule has 29 heavy (non-hydrogen) atoms. The number of likely N-dealkylation sites (N-methyl/N-ethyl adjacent to an activating group) is 1. The molecule has 5 nitrogen and oxygen atoms in total. The number of aliphatic hydroxyl groups excluding tert-OH is 1. The number of aryl methyl sites for hydroxylation is 1. The van der Waals surface area contributed by atoms with Crippen LogP contribution in [0, 0.1) is 0 Å². The number of carbonyl (C=O) groups excluding carboxylic acids is 1. The number of ether oxygens (including phenoxy) is 1. The van der Waals surface area contributed by atoms with E-state index >= 15 is 0 Å². The molecule has 1 aliphatic rings. The normalized spacial score (nSPS) is 16.1. The van der Waals surface area contributed by atoms with Crippen molar-refractivity contribution in [3.8, 4) is 5.75 Å². The SMILES string of the molecule is CN1CCN(CC(O)COc2ccccc2C(=O)CCc2ccccc2)CC1.Cl. The van der Waals surface area contributed by atoms with Crippen molar-refractivity contribution in [2.45, 2.75) is 18.9 Å². The van der Waals surface area contributed by atoms with Gasteiger partial charge in [0.1, 0.15) is 18.5 Å². The first-order valence-electron chi connectivity index (χ1n) is 10.00. The van der Waals surface area contributed by atoms with Crippen molar-refractivity contribution < 1.29 is 14.6 Å². The number of carbonyl (C=O) groups is 1. The number of ketones is 1. The second-order valence-electron chi connectivity index (χ2n) is 7.47. The van der Waals surface area contributed by atoms with E-state index in [1.54, 1.807) is 12.1 Å². The van der Waals surface area contributed by atoms with Gasteiger partial charge in [0.05, 0.1) is 5.56 Å². The molecule has 1 aliphatic heterocycles. The van der Waals surface area contributed by atoms with Crippen LogP contribution < -0.4 is 4.74 Å². The number of piperazine rings is 1. The molecule has 1 fully saturated rings. The molecule has 1 atom stereocenters. The molecule has 6 heteroatoms. The summed E-state index contributed by atoms with van der Waals surface area (Å²) in [5.41, 5.74) is 1.74.